The van der Waals surface area contributed by atoms with E-state index in [1.807, 2.05) is 26.1 Å². The van der Waals surface area contributed by atoms with Gasteiger partial charge in [0, 0.05) is 29.2 Å². The summed E-state index contributed by atoms with van der Waals surface area (Å²) in [6, 6.07) is 8.46. The number of rotatable bonds is 10. The van der Waals surface area contributed by atoms with Crippen LogP contribution in [0.4, 0.5) is 5.69 Å². The molecule has 0 aliphatic rings. The van der Waals surface area contributed by atoms with Crippen LogP contribution in [-0.2, 0) is 16.1 Å². The molecule has 32 heavy (non-hydrogen) atoms. The van der Waals surface area contributed by atoms with Crippen molar-refractivity contribution in [3.8, 4) is 11.3 Å². The molecule has 2 aromatic heterocycles. The molecular weight excluding hydrogens is 432 g/mol. The van der Waals surface area contributed by atoms with Crippen molar-refractivity contribution in [1.29, 1.82) is 0 Å². The molecule has 3 rings (SSSR count). The van der Waals surface area contributed by atoms with E-state index in [1.54, 1.807) is 28.9 Å². The molecule has 0 spiro atoms. The number of aromatic nitrogens is 4. The largest absolute Gasteiger partial charge is 0.372 e. The Bertz CT molecular complexity index is 1130. The number of nitrogens with zero attached hydrogens (tertiary/aromatic N) is 4. The molecule has 1 unspecified atom stereocenters. The van der Waals surface area contributed by atoms with Gasteiger partial charge in [0.25, 0.3) is 5.91 Å². The van der Waals surface area contributed by atoms with Gasteiger partial charge in [0.15, 0.2) is 0 Å². The highest BCUT2D eigenvalue weighted by atomic mass is 35.5. The molecule has 0 aliphatic carbocycles. The fourth-order valence-electron chi connectivity index (χ4n) is 3.04. The molecular formula is C22H23ClN6O3. The summed E-state index contributed by atoms with van der Waals surface area (Å²) in [5.74, 6) is -0.311. The minimum Gasteiger partial charge on any atom is -0.372 e. The Labute approximate surface area is 190 Å². The first-order valence-electron chi connectivity index (χ1n) is 10.0. The second kappa shape index (κ2) is 10.7. The molecule has 0 aliphatic heterocycles. The number of H-pyrrole nitrogens is 1. The minimum atomic E-state index is -0.311. The molecule has 2 heterocycles. The first-order chi connectivity index (χ1) is 15.4. The van der Waals surface area contributed by atoms with Gasteiger partial charge >= 0.3 is 0 Å². The smallest absolute Gasteiger partial charge is 0.272 e. The summed E-state index contributed by atoms with van der Waals surface area (Å²) in [5.41, 5.74) is 2.85. The summed E-state index contributed by atoms with van der Waals surface area (Å²) in [6.07, 6.45) is 2.63. The fourth-order valence-corrected chi connectivity index (χ4v) is 3.26. The molecule has 0 saturated heterocycles. The minimum absolute atomic E-state index is 0.204. The van der Waals surface area contributed by atoms with E-state index in [1.165, 1.54) is 0 Å². The normalized spacial score (nSPS) is 12.7. The van der Waals surface area contributed by atoms with Gasteiger partial charge in [-0.3, -0.25) is 14.6 Å². The van der Waals surface area contributed by atoms with E-state index >= 15 is 0 Å². The van der Waals surface area contributed by atoms with Gasteiger partial charge in [-0.1, -0.05) is 23.7 Å². The van der Waals surface area contributed by atoms with Crippen LogP contribution in [-0.4, -0.2) is 44.8 Å². The number of halogens is 1. The summed E-state index contributed by atoms with van der Waals surface area (Å²) in [7, 11) is 0. The Morgan fingerprint density at radius 1 is 1.38 bits per heavy atom. The molecule has 1 aromatic carbocycles. The third-order valence-corrected chi connectivity index (χ3v) is 5.02. The van der Waals surface area contributed by atoms with Crippen LogP contribution < -0.4 is 5.32 Å². The maximum atomic E-state index is 12.5. The topological polar surface area (TPSA) is 106 Å². The Balaban J connectivity index is 1.56. The van der Waals surface area contributed by atoms with E-state index in [9.17, 15) is 9.59 Å². The summed E-state index contributed by atoms with van der Waals surface area (Å²) in [6.45, 7) is 11.5. The monoisotopic (exact) mass is 454 g/mol. The van der Waals surface area contributed by atoms with Gasteiger partial charge in [-0.15, -0.1) is 0 Å². The molecule has 2 N–H and O–H groups in total. The van der Waals surface area contributed by atoms with Crippen LogP contribution in [0.1, 0.15) is 42.6 Å². The molecule has 0 bridgehead atoms. The number of aldehydes is 1. The number of benzene rings is 1. The van der Waals surface area contributed by atoms with Gasteiger partial charge in [-0.05, 0) is 32.0 Å². The van der Waals surface area contributed by atoms with Gasteiger partial charge in [-0.2, -0.15) is 10.2 Å². The van der Waals surface area contributed by atoms with Gasteiger partial charge in [0.1, 0.15) is 12.0 Å². The van der Waals surface area contributed by atoms with Gasteiger partial charge in [-0.25, -0.2) is 4.85 Å². The lowest BCUT2D eigenvalue weighted by molar-refractivity contribution is -0.109. The van der Waals surface area contributed by atoms with E-state index in [4.69, 9.17) is 22.9 Å². The second-order valence-corrected chi connectivity index (χ2v) is 7.66. The number of aromatic amines is 1. The van der Waals surface area contributed by atoms with Gasteiger partial charge in [0.2, 0.25) is 5.69 Å². The Morgan fingerprint density at radius 2 is 2.19 bits per heavy atom. The lowest BCUT2D eigenvalue weighted by Gasteiger charge is -2.13. The lowest BCUT2D eigenvalue weighted by atomic mass is 10.1. The Kier molecular flexibility index (Phi) is 7.76. The highest BCUT2D eigenvalue weighted by Gasteiger charge is 2.17. The van der Waals surface area contributed by atoms with Crippen molar-refractivity contribution in [1.82, 2.24) is 25.3 Å². The fraction of sp³-hybridized carbons (Fsp3) is 0.318. The maximum absolute atomic E-state index is 12.5. The first kappa shape index (κ1) is 23.2. The van der Waals surface area contributed by atoms with Crippen LogP contribution in [0.3, 0.4) is 0 Å². The zero-order chi connectivity index (χ0) is 23.1. The third-order valence-electron chi connectivity index (χ3n) is 4.71. The molecule has 2 atom stereocenters. The molecule has 0 fully saturated rings. The maximum Gasteiger partial charge on any atom is 0.272 e. The van der Waals surface area contributed by atoms with Crippen molar-refractivity contribution in [3.05, 3.63) is 64.4 Å². The summed E-state index contributed by atoms with van der Waals surface area (Å²) < 4.78 is 7.24. The number of nitrogens with one attached hydrogen (secondary N) is 2. The predicted molar refractivity (Wildman–Crippen MR) is 119 cm³/mol. The third kappa shape index (κ3) is 5.81. The van der Waals surface area contributed by atoms with Crippen LogP contribution in [0.25, 0.3) is 16.1 Å². The molecule has 10 heteroatoms. The van der Waals surface area contributed by atoms with Gasteiger partial charge in [0.05, 0.1) is 37.2 Å². The van der Waals surface area contributed by atoms with Crippen molar-refractivity contribution in [2.24, 2.45) is 0 Å². The zero-order valence-electron chi connectivity index (χ0n) is 17.7. The van der Waals surface area contributed by atoms with Crippen molar-refractivity contribution >= 4 is 29.5 Å². The molecule has 166 valence electrons. The van der Waals surface area contributed by atoms with Crippen molar-refractivity contribution in [2.75, 3.05) is 6.61 Å². The van der Waals surface area contributed by atoms with Crippen molar-refractivity contribution < 1.29 is 14.3 Å². The lowest BCUT2D eigenvalue weighted by Crippen LogP contribution is -2.36. The number of hydrogen-bond donors (Lipinski definition) is 2. The Morgan fingerprint density at radius 3 is 2.91 bits per heavy atom. The van der Waals surface area contributed by atoms with E-state index in [0.29, 0.717) is 36.0 Å². The molecule has 0 saturated carbocycles. The average molecular weight is 455 g/mol. The van der Waals surface area contributed by atoms with Crippen molar-refractivity contribution in [3.63, 3.8) is 0 Å². The second-order valence-electron chi connectivity index (χ2n) is 7.25. The summed E-state index contributed by atoms with van der Waals surface area (Å²) >= 11 is 6.11. The van der Waals surface area contributed by atoms with E-state index in [0.717, 1.165) is 17.5 Å². The van der Waals surface area contributed by atoms with Crippen LogP contribution >= 0.6 is 11.6 Å². The highest BCUT2D eigenvalue weighted by molar-refractivity contribution is 6.33. The quantitative estimate of drug-likeness (QED) is 0.274. The summed E-state index contributed by atoms with van der Waals surface area (Å²) in [4.78, 5) is 26.3. The number of ether oxygens (including phenoxy) is 1. The predicted octanol–water partition coefficient (Wildman–Crippen LogP) is 3.96. The van der Waals surface area contributed by atoms with Crippen molar-refractivity contribution in [2.45, 2.75) is 39.0 Å². The number of carbonyl (C=O) groups excluding carboxylic acids is 2. The van der Waals surface area contributed by atoms with E-state index in [-0.39, 0.29) is 23.7 Å². The number of hydrogen-bond acceptors (Lipinski definition) is 5. The number of carbonyl (C=O) groups is 2. The molecule has 0 radical (unpaired) electrons. The van der Waals surface area contributed by atoms with Crippen LogP contribution in [0.15, 0.2) is 36.5 Å². The molecule has 9 nitrogen and oxygen atoms in total. The highest BCUT2D eigenvalue weighted by Crippen LogP contribution is 2.29. The molecule has 3 aromatic rings. The summed E-state index contributed by atoms with van der Waals surface area (Å²) in [5, 5.41) is 14.7. The molecule has 1 amide bonds. The van der Waals surface area contributed by atoms with Crippen LogP contribution in [0, 0.1) is 6.57 Å². The SMILES string of the molecule is [C-]#[N+]c1ccc(-c2ccn(C[C@H](C)NC(=O)c3cc(C(C)OCCC=O)[nH]n3)n2)cc1Cl. The van der Waals surface area contributed by atoms with Crippen LogP contribution in [0.2, 0.25) is 5.02 Å². The Hall–Kier alpha value is -3.48. The standard InChI is InChI=1S/C22H23ClN6O3/c1-14(25-22(31)21-12-20(26-27-21)15(2)32-10-4-9-30)13-29-8-7-18(28-29)16-5-6-19(24-3)17(23)11-16/h5-9,11-12,14-15H,4,10,13H2,1-2H3,(H,25,31)(H,26,27)/t14-,15?/m0/s1. The van der Waals surface area contributed by atoms with E-state index in [2.05, 4.69) is 25.5 Å². The average Bonchev–Trinajstić information content (AvgIpc) is 3.44. The van der Waals surface area contributed by atoms with E-state index < -0.39 is 0 Å². The first-order valence-corrected chi connectivity index (χ1v) is 10.4. The van der Waals surface area contributed by atoms with Crippen LogP contribution in [0.5, 0.6) is 0 Å². The van der Waals surface area contributed by atoms with Gasteiger partial charge < -0.3 is 14.8 Å². The zero-order valence-corrected chi connectivity index (χ0v) is 18.5. The number of amides is 1.